The second-order valence-corrected chi connectivity index (χ2v) is 8.47. The standard InChI is InChI=1S/C23H27N5O4/c29-22(18-2-1-7-28(15-18)23(30)19-13-24-5-6-25-19)27-10-8-26(9-11-27)14-17-3-4-20-21(12-17)32-16-31-20/h3-6,12-13,18H,1-2,7-11,14-16H2. The van der Waals surface area contributed by atoms with Crippen LogP contribution >= 0.6 is 0 Å². The number of ether oxygens (including phenoxy) is 2. The summed E-state index contributed by atoms with van der Waals surface area (Å²) in [6.45, 7) is 5.28. The molecule has 0 N–H and O–H groups in total. The van der Waals surface area contributed by atoms with Gasteiger partial charge in [0.25, 0.3) is 5.91 Å². The van der Waals surface area contributed by atoms with Crippen LogP contribution in [0.5, 0.6) is 11.5 Å². The Balaban J connectivity index is 1.13. The van der Waals surface area contributed by atoms with Gasteiger partial charge in [0.2, 0.25) is 12.7 Å². The molecule has 9 nitrogen and oxygen atoms in total. The molecule has 2 saturated heterocycles. The van der Waals surface area contributed by atoms with Gasteiger partial charge in [-0.2, -0.15) is 0 Å². The molecule has 3 aliphatic heterocycles. The summed E-state index contributed by atoms with van der Waals surface area (Å²) in [5.41, 5.74) is 1.51. The van der Waals surface area contributed by atoms with Gasteiger partial charge >= 0.3 is 0 Å². The number of carbonyl (C=O) groups is 2. The van der Waals surface area contributed by atoms with E-state index in [0.717, 1.165) is 44.0 Å². The van der Waals surface area contributed by atoms with E-state index in [1.807, 2.05) is 17.0 Å². The molecule has 1 atom stereocenters. The van der Waals surface area contributed by atoms with Crippen molar-refractivity contribution in [2.75, 3.05) is 46.1 Å². The number of piperazine rings is 1. The van der Waals surface area contributed by atoms with Gasteiger partial charge < -0.3 is 19.3 Å². The van der Waals surface area contributed by atoms with Crippen LogP contribution in [0.15, 0.2) is 36.8 Å². The number of piperidine rings is 1. The van der Waals surface area contributed by atoms with Crippen molar-refractivity contribution in [3.05, 3.63) is 48.0 Å². The highest BCUT2D eigenvalue weighted by Crippen LogP contribution is 2.33. The average molecular weight is 438 g/mol. The Morgan fingerprint density at radius 2 is 1.84 bits per heavy atom. The number of nitrogens with zero attached hydrogens (tertiary/aromatic N) is 5. The number of amides is 2. The zero-order valence-electron chi connectivity index (χ0n) is 18.0. The first kappa shape index (κ1) is 20.7. The van der Waals surface area contributed by atoms with E-state index in [2.05, 4.69) is 20.9 Å². The van der Waals surface area contributed by atoms with Crippen LogP contribution in [0.1, 0.15) is 28.9 Å². The molecule has 0 bridgehead atoms. The number of benzene rings is 1. The predicted molar refractivity (Wildman–Crippen MR) is 115 cm³/mol. The summed E-state index contributed by atoms with van der Waals surface area (Å²) in [5.74, 6) is 1.45. The molecule has 9 heteroatoms. The fourth-order valence-corrected chi connectivity index (χ4v) is 4.62. The minimum Gasteiger partial charge on any atom is -0.454 e. The van der Waals surface area contributed by atoms with Crippen molar-refractivity contribution in [3.8, 4) is 11.5 Å². The first-order valence-corrected chi connectivity index (χ1v) is 11.1. The monoisotopic (exact) mass is 437 g/mol. The average Bonchev–Trinajstić information content (AvgIpc) is 3.32. The van der Waals surface area contributed by atoms with E-state index >= 15 is 0 Å². The first-order valence-electron chi connectivity index (χ1n) is 11.1. The second kappa shape index (κ2) is 9.12. The maximum absolute atomic E-state index is 13.2. The summed E-state index contributed by atoms with van der Waals surface area (Å²) in [7, 11) is 0. The molecule has 0 aliphatic carbocycles. The van der Waals surface area contributed by atoms with Crippen LogP contribution in [0.2, 0.25) is 0 Å². The lowest BCUT2D eigenvalue weighted by Gasteiger charge is -2.39. The highest BCUT2D eigenvalue weighted by molar-refractivity contribution is 5.92. The predicted octanol–water partition coefficient (Wildman–Crippen LogP) is 1.40. The molecule has 2 aromatic rings. The molecule has 4 heterocycles. The fraction of sp³-hybridized carbons (Fsp3) is 0.478. The molecule has 1 aromatic carbocycles. The van der Waals surface area contributed by atoms with E-state index in [9.17, 15) is 9.59 Å². The summed E-state index contributed by atoms with van der Waals surface area (Å²) in [5, 5.41) is 0. The Labute approximate surface area is 186 Å². The van der Waals surface area contributed by atoms with Gasteiger partial charge in [0, 0.05) is 58.2 Å². The largest absolute Gasteiger partial charge is 0.454 e. The first-order chi connectivity index (χ1) is 15.7. The SMILES string of the molecule is O=C(c1cnccn1)N1CCCC(C(=O)N2CCN(Cc3ccc4c(c3)OCO4)CC2)C1. The van der Waals surface area contributed by atoms with Crippen molar-refractivity contribution in [1.82, 2.24) is 24.7 Å². The normalized spacial score (nSPS) is 20.9. The van der Waals surface area contributed by atoms with Gasteiger partial charge in [-0.05, 0) is 30.5 Å². The number of carbonyl (C=O) groups excluding carboxylic acids is 2. The molecule has 0 saturated carbocycles. The van der Waals surface area contributed by atoms with Crippen LogP contribution in [0, 0.1) is 5.92 Å². The molecular weight excluding hydrogens is 410 g/mol. The minimum atomic E-state index is -0.149. The van der Waals surface area contributed by atoms with E-state index < -0.39 is 0 Å². The van der Waals surface area contributed by atoms with Crippen molar-refractivity contribution in [2.45, 2.75) is 19.4 Å². The lowest BCUT2D eigenvalue weighted by atomic mass is 9.96. The van der Waals surface area contributed by atoms with Gasteiger partial charge in [-0.15, -0.1) is 0 Å². The summed E-state index contributed by atoms with van der Waals surface area (Å²) < 4.78 is 10.8. The van der Waals surface area contributed by atoms with Gasteiger partial charge in [-0.3, -0.25) is 19.5 Å². The number of aromatic nitrogens is 2. The third kappa shape index (κ3) is 4.38. The Morgan fingerprint density at radius 3 is 2.66 bits per heavy atom. The van der Waals surface area contributed by atoms with Gasteiger partial charge in [0.15, 0.2) is 11.5 Å². The Kier molecular flexibility index (Phi) is 5.89. The van der Waals surface area contributed by atoms with Crippen LogP contribution in [0.25, 0.3) is 0 Å². The van der Waals surface area contributed by atoms with E-state index in [1.54, 1.807) is 11.1 Å². The molecule has 3 aliphatic rings. The van der Waals surface area contributed by atoms with Crippen LogP contribution in [0.3, 0.4) is 0 Å². The van der Waals surface area contributed by atoms with Crippen molar-refractivity contribution in [2.24, 2.45) is 5.92 Å². The van der Waals surface area contributed by atoms with Crippen LogP contribution in [-0.4, -0.2) is 82.5 Å². The van der Waals surface area contributed by atoms with E-state index in [-0.39, 0.29) is 24.5 Å². The van der Waals surface area contributed by atoms with Gasteiger partial charge in [0.1, 0.15) is 5.69 Å². The van der Waals surface area contributed by atoms with E-state index in [4.69, 9.17) is 9.47 Å². The zero-order chi connectivity index (χ0) is 21.9. The summed E-state index contributed by atoms with van der Waals surface area (Å²) in [6, 6.07) is 6.05. The lowest BCUT2D eigenvalue weighted by molar-refractivity contribution is -0.138. The second-order valence-electron chi connectivity index (χ2n) is 8.47. The molecule has 0 spiro atoms. The zero-order valence-corrected chi connectivity index (χ0v) is 18.0. The molecule has 0 radical (unpaired) electrons. The van der Waals surface area contributed by atoms with E-state index in [0.29, 0.717) is 31.9 Å². The molecule has 1 aromatic heterocycles. The lowest BCUT2D eigenvalue weighted by Crippen LogP contribution is -2.52. The number of likely N-dealkylation sites (tertiary alicyclic amines) is 1. The third-order valence-corrected chi connectivity index (χ3v) is 6.37. The molecule has 1 unspecified atom stereocenters. The van der Waals surface area contributed by atoms with Crippen LogP contribution < -0.4 is 9.47 Å². The van der Waals surface area contributed by atoms with Gasteiger partial charge in [0.05, 0.1) is 12.1 Å². The van der Waals surface area contributed by atoms with Crippen molar-refractivity contribution in [3.63, 3.8) is 0 Å². The third-order valence-electron chi connectivity index (χ3n) is 6.37. The summed E-state index contributed by atoms with van der Waals surface area (Å²) >= 11 is 0. The maximum atomic E-state index is 13.2. The highest BCUT2D eigenvalue weighted by atomic mass is 16.7. The Hall–Kier alpha value is -3.20. The smallest absolute Gasteiger partial charge is 0.274 e. The van der Waals surface area contributed by atoms with Gasteiger partial charge in [-0.1, -0.05) is 6.07 Å². The summed E-state index contributed by atoms with van der Waals surface area (Å²) in [6.07, 6.45) is 6.19. The van der Waals surface area contributed by atoms with Gasteiger partial charge in [-0.25, -0.2) is 4.98 Å². The number of hydrogen-bond donors (Lipinski definition) is 0. The molecule has 2 amide bonds. The Bertz CT molecular complexity index is 978. The van der Waals surface area contributed by atoms with Crippen LogP contribution in [0.4, 0.5) is 0 Å². The summed E-state index contributed by atoms with van der Waals surface area (Å²) in [4.78, 5) is 40.0. The fourth-order valence-electron chi connectivity index (χ4n) is 4.62. The number of rotatable bonds is 4. The Morgan fingerprint density at radius 1 is 1.00 bits per heavy atom. The molecule has 2 fully saturated rings. The number of fused-ring (bicyclic) bond motifs is 1. The molecule has 5 rings (SSSR count). The highest BCUT2D eigenvalue weighted by Gasteiger charge is 2.33. The van der Waals surface area contributed by atoms with Crippen molar-refractivity contribution >= 4 is 11.8 Å². The maximum Gasteiger partial charge on any atom is 0.274 e. The molecule has 32 heavy (non-hydrogen) atoms. The van der Waals surface area contributed by atoms with Crippen molar-refractivity contribution < 1.29 is 19.1 Å². The quantitative estimate of drug-likeness (QED) is 0.715. The van der Waals surface area contributed by atoms with E-state index in [1.165, 1.54) is 18.0 Å². The van der Waals surface area contributed by atoms with Crippen molar-refractivity contribution in [1.29, 1.82) is 0 Å². The number of hydrogen-bond acceptors (Lipinski definition) is 7. The van der Waals surface area contributed by atoms with Crippen LogP contribution in [-0.2, 0) is 11.3 Å². The molecule has 168 valence electrons. The topological polar surface area (TPSA) is 88.1 Å². The molecular formula is C23H27N5O4. The minimum absolute atomic E-state index is 0.148.